The second kappa shape index (κ2) is 6.20. The molecule has 122 valence electrons. The normalized spacial score (nSPS) is 12.6. The quantitative estimate of drug-likeness (QED) is 0.677. The molecule has 0 aliphatic carbocycles. The molecule has 6 heteroatoms. The van der Waals surface area contributed by atoms with Gasteiger partial charge in [-0.3, -0.25) is 0 Å². The molecule has 0 atom stereocenters. The first-order chi connectivity index (χ1) is 11.7. The molecular formula is C18H17N3O2S. The van der Waals surface area contributed by atoms with Gasteiger partial charge in [-0.1, -0.05) is 42.1 Å². The number of nitrogens with zero attached hydrogens (tertiary/aromatic N) is 3. The predicted molar refractivity (Wildman–Crippen MR) is 93.3 cm³/mol. The van der Waals surface area contributed by atoms with Crippen LogP contribution in [0.15, 0.2) is 47.6 Å². The van der Waals surface area contributed by atoms with Crippen molar-refractivity contribution in [3.05, 3.63) is 53.6 Å². The molecule has 0 fully saturated rings. The minimum atomic E-state index is 0.301. The maximum absolute atomic E-state index is 5.43. The van der Waals surface area contributed by atoms with Gasteiger partial charge in [-0.15, -0.1) is 10.2 Å². The monoisotopic (exact) mass is 339 g/mol. The molecule has 0 spiro atoms. The number of ether oxygens (including phenoxy) is 2. The Morgan fingerprint density at radius 1 is 1.08 bits per heavy atom. The second-order valence-electron chi connectivity index (χ2n) is 5.66. The zero-order valence-electron chi connectivity index (χ0n) is 13.5. The van der Waals surface area contributed by atoms with Gasteiger partial charge in [0.05, 0.1) is 0 Å². The molecule has 0 unspecified atom stereocenters. The average molecular weight is 339 g/mol. The van der Waals surface area contributed by atoms with Crippen LogP contribution < -0.4 is 9.47 Å². The molecular weight excluding hydrogens is 322 g/mol. The lowest BCUT2D eigenvalue weighted by Crippen LogP contribution is -1.96. The lowest BCUT2D eigenvalue weighted by Gasteiger charge is -2.06. The highest BCUT2D eigenvalue weighted by Gasteiger charge is 2.15. The van der Waals surface area contributed by atoms with E-state index >= 15 is 0 Å². The molecule has 0 radical (unpaired) electrons. The smallest absolute Gasteiger partial charge is 0.231 e. The summed E-state index contributed by atoms with van der Waals surface area (Å²) >= 11 is 1.66. The molecule has 0 saturated heterocycles. The van der Waals surface area contributed by atoms with E-state index in [-0.39, 0.29) is 0 Å². The van der Waals surface area contributed by atoms with Crippen LogP contribution in [0.1, 0.15) is 11.1 Å². The third-order valence-electron chi connectivity index (χ3n) is 4.03. The molecule has 0 bridgehead atoms. The van der Waals surface area contributed by atoms with Crippen molar-refractivity contribution in [3.63, 3.8) is 0 Å². The summed E-state index contributed by atoms with van der Waals surface area (Å²) in [5.74, 6) is 3.31. The first kappa shape index (κ1) is 15.1. The molecule has 2 aromatic carbocycles. The van der Waals surface area contributed by atoms with E-state index in [4.69, 9.17) is 9.47 Å². The molecule has 1 aliphatic rings. The number of thioether (sulfide) groups is 1. The van der Waals surface area contributed by atoms with Crippen molar-refractivity contribution in [2.75, 3.05) is 6.79 Å². The van der Waals surface area contributed by atoms with Crippen molar-refractivity contribution in [1.82, 2.24) is 14.8 Å². The van der Waals surface area contributed by atoms with Crippen molar-refractivity contribution in [2.45, 2.75) is 17.8 Å². The largest absolute Gasteiger partial charge is 0.454 e. The first-order valence-corrected chi connectivity index (χ1v) is 8.67. The van der Waals surface area contributed by atoms with Gasteiger partial charge in [0.15, 0.2) is 22.5 Å². The summed E-state index contributed by atoms with van der Waals surface area (Å²) in [6, 6.07) is 14.2. The molecule has 5 nitrogen and oxygen atoms in total. The number of benzene rings is 2. The molecule has 4 rings (SSSR count). The molecule has 2 heterocycles. The van der Waals surface area contributed by atoms with Crippen molar-refractivity contribution < 1.29 is 9.47 Å². The second-order valence-corrected chi connectivity index (χ2v) is 6.60. The van der Waals surface area contributed by atoms with Gasteiger partial charge in [-0.25, -0.2) is 0 Å². The summed E-state index contributed by atoms with van der Waals surface area (Å²) in [6.45, 7) is 2.39. The van der Waals surface area contributed by atoms with Crippen LogP contribution in [0.3, 0.4) is 0 Å². The van der Waals surface area contributed by atoms with Crippen molar-refractivity contribution >= 4 is 11.8 Å². The predicted octanol–water partition coefficient (Wildman–Crippen LogP) is 3.81. The van der Waals surface area contributed by atoms with Crippen LogP contribution >= 0.6 is 11.8 Å². The Kier molecular flexibility index (Phi) is 3.90. The van der Waals surface area contributed by atoms with Crippen LogP contribution in [-0.4, -0.2) is 21.6 Å². The van der Waals surface area contributed by atoms with Gasteiger partial charge in [-0.2, -0.15) is 0 Å². The number of aryl methyl sites for hydroxylation is 1. The number of fused-ring (bicyclic) bond motifs is 1. The van der Waals surface area contributed by atoms with E-state index in [1.54, 1.807) is 11.8 Å². The summed E-state index contributed by atoms with van der Waals surface area (Å²) in [4.78, 5) is 0. The molecule has 0 amide bonds. The first-order valence-electron chi connectivity index (χ1n) is 7.69. The maximum Gasteiger partial charge on any atom is 0.231 e. The summed E-state index contributed by atoms with van der Waals surface area (Å²) in [5, 5.41) is 9.60. The summed E-state index contributed by atoms with van der Waals surface area (Å²) in [6.07, 6.45) is 0. The highest BCUT2D eigenvalue weighted by atomic mass is 32.2. The van der Waals surface area contributed by atoms with Gasteiger partial charge in [-0.05, 0) is 30.2 Å². The van der Waals surface area contributed by atoms with Crippen LogP contribution in [-0.2, 0) is 12.8 Å². The molecule has 24 heavy (non-hydrogen) atoms. The van der Waals surface area contributed by atoms with Gasteiger partial charge >= 0.3 is 0 Å². The van der Waals surface area contributed by atoms with Crippen molar-refractivity contribution in [2.24, 2.45) is 7.05 Å². The van der Waals surface area contributed by atoms with E-state index < -0.39 is 0 Å². The maximum atomic E-state index is 5.43. The zero-order chi connectivity index (χ0) is 16.5. The van der Waals surface area contributed by atoms with E-state index in [0.29, 0.717) is 6.79 Å². The van der Waals surface area contributed by atoms with Crippen molar-refractivity contribution in [1.29, 1.82) is 0 Å². The SMILES string of the molecule is Cc1ccccc1-c1nnc(SCc2ccc3c(c2)OCO3)n1C. The van der Waals surface area contributed by atoms with Crippen LogP contribution in [0.25, 0.3) is 11.4 Å². The minimum absolute atomic E-state index is 0.301. The lowest BCUT2D eigenvalue weighted by atomic mass is 10.1. The Hall–Kier alpha value is -2.47. The van der Waals surface area contributed by atoms with Gasteiger partial charge in [0.1, 0.15) is 0 Å². The summed E-state index contributed by atoms with van der Waals surface area (Å²) < 4.78 is 12.8. The molecule has 0 saturated carbocycles. The van der Waals surface area contributed by atoms with Gasteiger partial charge in [0, 0.05) is 18.4 Å². The Labute approximate surface area is 144 Å². The minimum Gasteiger partial charge on any atom is -0.454 e. The van der Waals surface area contributed by atoms with Gasteiger partial charge in [0.25, 0.3) is 0 Å². The Morgan fingerprint density at radius 2 is 1.92 bits per heavy atom. The fraction of sp³-hybridized carbons (Fsp3) is 0.222. The van der Waals surface area contributed by atoms with Crippen LogP contribution in [0, 0.1) is 6.92 Å². The van der Waals surface area contributed by atoms with Crippen molar-refractivity contribution in [3.8, 4) is 22.9 Å². The van der Waals surface area contributed by atoms with Crippen LogP contribution in [0.4, 0.5) is 0 Å². The molecule has 1 aromatic heterocycles. The fourth-order valence-electron chi connectivity index (χ4n) is 2.68. The fourth-order valence-corrected chi connectivity index (χ4v) is 3.53. The third kappa shape index (κ3) is 2.73. The van der Waals surface area contributed by atoms with E-state index in [1.165, 1.54) is 11.1 Å². The topological polar surface area (TPSA) is 49.2 Å². The molecule has 0 N–H and O–H groups in total. The molecule has 3 aromatic rings. The highest BCUT2D eigenvalue weighted by molar-refractivity contribution is 7.98. The highest BCUT2D eigenvalue weighted by Crippen LogP contribution is 2.34. The lowest BCUT2D eigenvalue weighted by molar-refractivity contribution is 0.174. The Bertz CT molecular complexity index is 892. The van der Waals surface area contributed by atoms with Gasteiger partial charge < -0.3 is 14.0 Å². The van der Waals surface area contributed by atoms with E-state index in [0.717, 1.165) is 33.8 Å². The Morgan fingerprint density at radius 3 is 2.79 bits per heavy atom. The van der Waals surface area contributed by atoms with E-state index in [9.17, 15) is 0 Å². The summed E-state index contributed by atoms with van der Waals surface area (Å²) in [7, 11) is 2.00. The zero-order valence-corrected chi connectivity index (χ0v) is 14.3. The number of rotatable bonds is 4. The van der Waals surface area contributed by atoms with Crippen LogP contribution in [0.2, 0.25) is 0 Å². The van der Waals surface area contributed by atoms with E-state index in [2.05, 4.69) is 35.3 Å². The summed E-state index contributed by atoms with van der Waals surface area (Å²) in [5.41, 5.74) is 3.48. The number of hydrogen-bond donors (Lipinski definition) is 0. The van der Waals surface area contributed by atoms with E-state index in [1.807, 2.05) is 35.9 Å². The Balaban J connectivity index is 1.53. The number of hydrogen-bond acceptors (Lipinski definition) is 5. The number of aromatic nitrogens is 3. The van der Waals surface area contributed by atoms with Gasteiger partial charge in [0.2, 0.25) is 6.79 Å². The third-order valence-corrected chi connectivity index (χ3v) is 5.12. The molecule has 1 aliphatic heterocycles. The average Bonchev–Trinajstić information content (AvgIpc) is 3.20. The van der Waals surface area contributed by atoms with Crippen LogP contribution in [0.5, 0.6) is 11.5 Å². The standard InChI is InChI=1S/C18H17N3O2S/c1-12-5-3-4-6-14(12)17-19-20-18(21(17)2)24-10-13-7-8-15-16(9-13)23-11-22-15/h3-9H,10-11H2,1-2H3.